The molecule has 2 heterocycles. The second-order valence-corrected chi connectivity index (χ2v) is 10.6. The Kier molecular flexibility index (Phi) is 7.87. The fraction of sp³-hybridized carbons (Fsp3) is 0.640. The van der Waals surface area contributed by atoms with Crippen LogP contribution in [-0.4, -0.2) is 55.1 Å². The quantitative estimate of drug-likeness (QED) is 0.653. The molecule has 1 saturated heterocycles. The molecule has 0 unspecified atom stereocenters. The van der Waals surface area contributed by atoms with Gasteiger partial charge in [0.25, 0.3) is 5.91 Å². The molecule has 0 saturated carbocycles. The van der Waals surface area contributed by atoms with Crippen molar-refractivity contribution in [1.82, 2.24) is 15.5 Å². The first kappa shape index (κ1) is 24.9. The van der Waals surface area contributed by atoms with E-state index in [1.807, 2.05) is 18.7 Å². The topological polar surface area (TPSA) is 97.0 Å². The van der Waals surface area contributed by atoms with Crippen molar-refractivity contribution in [1.29, 1.82) is 0 Å². The molecule has 2 aliphatic heterocycles. The van der Waals surface area contributed by atoms with Crippen LogP contribution in [0.2, 0.25) is 0 Å². The predicted octanol–water partition coefficient (Wildman–Crippen LogP) is 2.96. The van der Waals surface area contributed by atoms with E-state index in [1.165, 1.54) is 0 Å². The number of nitrogens with zero attached hydrogens (tertiary/aromatic N) is 1. The molecular formula is C25H37N3O5. The first-order valence-corrected chi connectivity index (χ1v) is 11.8. The summed E-state index contributed by atoms with van der Waals surface area (Å²) in [6.45, 7) is 12.1. The van der Waals surface area contributed by atoms with Gasteiger partial charge >= 0.3 is 0 Å². The number of carbonyl (C=O) groups is 3. The van der Waals surface area contributed by atoms with E-state index < -0.39 is 6.04 Å². The van der Waals surface area contributed by atoms with Gasteiger partial charge in [0.2, 0.25) is 18.6 Å². The van der Waals surface area contributed by atoms with Crippen LogP contribution in [0.5, 0.6) is 11.5 Å². The summed E-state index contributed by atoms with van der Waals surface area (Å²) < 4.78 is 10.7. The van der Waals surface area contributed by atoms with Gasteiger partial charge in [-0.1, -0.05) is 34.6 Å². The minimum Gasteiger partial charge on any atom is -0.454 e. The van der Waals surface area contributed by atoms with Crippen molar-refractivity contribution in [2.45, 2.75) is 59.9 Å². The molecule has 0 aliphatic carbocycles. The van der Waals surface area contributed by atoms with Crippen molar-refractivity contribution in [3.63, 3.8) is 0 Å². The highest BCUT2D eigenvalue weighted by Gasteiger charge is 2.34. The molecule has 2 aliphatic rings. The van der Waals surface area contributed by atoms with E-state index >= 15 is 0 Å². The first-order valence-electron chi connectivity index (χ1n) is 11.8. The Bertz CT molecular complexity index is 869. The summed E-state index contributed by atoms with van der Waals surface area (Å²) in [5.41, 5.74) is 0.352. The van der Waals surface area contributed by atoms with Gasteiger partial charge in [0.1, 0.15) is 6.04 Å². The SMILES string of the molecule is CC(C)CNC(=O)[C@H](NC(=O)c1ccc2c(c1)OCO2)C1CCN(C(=O)CC(C)(C)C)CC1. The molecule has 0 bridgehead atoms. The number of rotatable bonds is 7. The molecule has 8 nitrogen and oxygen atoms in total. The molecule has 2 N–H and O–H groups in total. The second kappa shape index (κ2) is 10.4. The number of amides is 3. The Morgan fingerprint density at radius 1 is 1.09 bits per heavy atom. The Labute approximate surface area is 196 Å². The van der Waals surface area contributed by atoms with Crippen LogP contribution in [0.4, 0.5) is 0 Å². The van der Waals surface area contributed by atoms with Gasteiger partial charge in [-0.3, -0.25) is 14.4 Å². The molecular weight excluding hydrogens is 422 g/mol. The number of piperidine rings is 1. The molecule has 8 heteroatoms. The highest BCUT2D eigenvalue weighted by atomic mass is 16.7. The normalized spacial score (nSPS) is 17.1. The maximum Gasteiger partial charge on any atom is 0.252 e. The van der Waals surface area contributed by atoms with Crippen LogP contribution in [0.3, 0.4) is 0 Å². The van der Waals surface area contributed by atoms with Gasteiger partial charge in [-0.25, -0.2) is 0 Å². The largest absolute Gasteiger partial charge is 0.454 e. The molecule has 0 aromatic heterocycles. The molecule has 3 amide bonds. The Morgan fingerprint density at radius 2 is 1.76 bits per heavy atom. The van der Waals surface area contributed by atoms with Gasteiger partial charge in [-0.15, -0.1) is 0 Å². The van der Waals surface area contributed by atoms with Crippen molar-refractivity contribution in [3.05, 3.63) is 23.8 Å². The van der Waals surface area contributed by atoms with Gasteiger partial charge in [0, 0.05) is 31.6 Å². The van der Waals surface area contributed by atoms with E-state index in [0.717, 1.165) is 0 Å². The van der Waals surface area contributed by atoms with Gasteiger partial charge < -0.3 is 25.0 Å². The highest BCUT2D eigenvalue weighted by Crippen LogP contribution is 2.32. The zero-order valence-corrected chi connectivity index (χ0v) is 20.4. The molecule has 0 radical (unpaired) electrons. The summed E-state index contributed by atoms with van der Waals surface area (Å²) in [6.07, 6.45) is 1.82. The lowest BCUT2D eigenvalue weighted by Crippen LogP contribution is -2.54. The number of nitrogens with one attached hydrogen (secondary N) is 2. The molecule has 1 atom stereocenters. The number of hydrogen-bond donors (Lipinski definition) is 2. The fourth-order valence-corrected chi connectivity index (χ4v) is 4.12. The third-order valence-electron chi connectivity index (χ3n) is 5.93. The number of likely N-dealkylation sites (tertiary alicyclic amines) is 1. The predicted molar refractivity (Wildman–Crippen MR) is 125 cm³/mol. The van der Waals surface area contributed by atoms with Crippen LogP contribution in [0.25, 0.3) is 0 Å². The monoisotopic (exact) mass is 459 g/mol. The third-order valence-corrected chi connectivity index (χ3v) is 5.93. The van der Waals surface area contributed by atoms with Gasteiger partial charge in [0.05, 0.1) is 0 Å². The molecule has 3 rings (SSSR count). The molecule has 182 valence electrons. The highest BCUT2D eigenvalue weighted by molar-refractivity contribution is 5.98. The van der Waals surface area contributed by atoms with Crippen LogP contribution < -0.4 is 20.1 Å². The summed E-state index contributed by atoms with van der Waals surface area (Å²) in [5.74, 6) is 1.01. The minimum atomic E-state index is -0.665. The second-order valence-electron chi connectivity index (χ2n) is 10.6. The standard InChI is InChI=1S/C25H37N3O5/c1-16(2)14-26-24(31)22(17-8-10-28(11-9-17)21(29)13-25(3,4)5)27-23(30)18-6-7-19-20(12-18)33-15-32-19/h6-7,12,16-17,22H,8-11,13-15H2,1-5H3,(H,26,31)(H,27,30)/t22-/m1/s1. The van der Waals surface area contributed by atoms with E-state index in [2.05, 4.69) is 31.4 Å². The summed E-state index contributed by atoms with van der Waals surface area (Å²) in [4.78, 5) is 40.6. The van der Waals surface area contributed by atoms with Gasteiger partial charge in [0.15, 0.2) is 11.5 Å². The van der Waals surface area contributed by atoms with Gasteiger partial charge in [-0.2, -0.15) is 0 Å². The summed E-state index contributed by atoms with van der Waals surface area (Å²) in [7, 11) is 0. The Hall–Kier alpha value is -2.77. The number of carbonyl (C=O) groups excluding carboxylic acids is 3. The molecule has 1 aromatic rings. The zero-order chi connectivity index (χ0) is 24.2. The summed E-state index contributed by atoms with van der Waals surface area (Å²) in [6, 6.07) is 4.33. The van der Waals surface area contributed by atoms with Crippen LogP contribution >= 0.6 is 0 Å². The average molecular weight is 460 g/mol. The van der Waals surface area contributed by atoms with Gasteiger partial charge in [-0.05, 0) is 48.3 Å². The van der Waals surface area contributed by atoms with Crippen LogP contribution in [-0.2, 0) is 9.59 Å². The van der Waals surface area contributed by atoms with E-state index in [4.69, 9.17) is 9.47 Å². The number of fused-ring (bicyclic) bond motifs is 1. The first-order chi connectivity index (χ1) is 15.5. The van der Waals surface area contributed by atoms with Crippen molar-refractivity contribution in [2.75, 3.05) is 26.4 Å². The van der Waals surface area contributed by atoms with E-state index in [0.29, 0.717) is 61.9 Å². The summed E-state index contributed by atoms with van der Waals surface area (Å²) in [5, 5.41) is 5.91. The molecule has 0 spiro atoms. The van der Waals surface area contributed by atoms with E-state index in [-0.39, 0.29) is 35.8 Å². The zero-order valence-electron chi connectivity index (χ0n) is 20.4. The van der Waals surface area contributed by atoms with Crippen molar-refractivity contribution in [2.24, 2.45) is 17.3 Å². The maximum atomic E-state index is 13.1. The molecule has 1 fully saturated rings. The lowest BCUT2D eigenvalue weighted by atomic mass is 9.87. The van der Waals surface area contributed by atoms with Crippen LogP contribution in [0.15, 0.2) is 18.2 Å². The number of hydrogen-bond acceptors (Lipinski definition) is 5. The van der Waals surface area contributed by atoms with Crippen LogP contribution in [0.1, 0.15) is 64.2 Å². The number of ether oxygens (including phenoxy) is 2. The lowest BCUT2D eigenvalue weighted by molar-refractivity contribution is -0.134. The van der Waals surface area contributed by atoms with Crippen molar-refractivity contribution < 1.29 is 23.9 Å². The summed E-state index contributed by atoms with van der Waals surface area (Å²) >= 11 is 0. The van der Waals surface area contributed by atoms with Crippen molar-refractivity contribution >= 4 is 17.7 Å². The molecule has 1 aromatic carbocycles. The lowest BCUT2D eigenvalue weighted by Gasteiger charge is -2.37. The maximum absolute atomic E-state index is 13.1. The third kappa shape index (κ3) is 6.85. The van der Waals surface area contributed by atoms with E-state index in [1.54, 1.807) is 18.2 Å². The fourth-order valence-electron chi connectivity index (χ4n) is 4.12. The molecule has 33 heavy (non-hydrogen) atoms. The van der Waals surface area contributed by atoms with E-state index in [9.17, 15) is 14.4 Å². The van der Waals surface area contributed by atoms with Crippen molar-refractivity contribution in [3.8, 4) is 11.5 Å². The smallest absolute Gasteiger partial charge is 0.252 e. The average Bonchev–Trinajstić information content (AvgIpc) is 3.22. The Balaban J connectivity index is 1.67. The Morgan fingerprint density at radius 3 is 2.39 bits per heavy atom. The number of benzene rings is 1. The van der Waals surface area contributed by atoms with Crippen LogP contribution in [0, 0.1) is 17.3 Å². The minimum absolute atomic E-state index is 0.0474.